The molecule has 5 aromatic rings. The number of unbranched alkanes of at least 4 members (excludes halogenated alkanes) is 1. The highest BCUT2D eigenvalue weighted by molar-refractivity contribution is 6.39. The first-order chi connectivity index (χ1) is 59.4. The Bertz CT molecular complexity index is 4310. The number of benzene rings is 1. The number of aromatic nitrogens is 8. The summed E-state index contributed by atoms with van der Waals surface area (Å²) in [7, 11) is 4.64. The smallest absolute Gasteiger partial charge is 0.329 e. The minimum Gasteiger partial charge on any atom is -0.460 e. The summed E-state index contributed by atoms with van der Waals surface area (Å²) in [6.45, 7) is 20.7. The van der Waals surface area contributed by atoms with Crippen LogP contribution in [0.5, 0.6) is 0 Å². The lowest BCUT2D eigenvalue weighted by Crippen LogP contribution is -2.61. The Labute approximate surface area is 721 Å². The molecule has 2 amide bonds. The second-order valence-electron chi connectivity index (χ2n) is 33.5. The van der Waals surface area contributed by atoms with Crippen LogP contribution in [0.1, 0.15) is 144 Å². The fraction of sp³-hybridized carbons (Fsp3) is 0.685. The molecule has 0 spiro atoms. The van der Waals surface area contributed by atoms with Gasteiger partial charge in [-0.3, -0.25) is 24.0 Å². The van der Waals surface area contributed by atoms with Gasteiger partial charge >= 0.3 is 5.97 Å². The number of anilines is 2. The molecule has 5 aliphatic rings. The molecule has 8 heterocycles. The number of Topliss-reactive ketones (excluding diaryl/α,β-unsaturated/α-hetero) is 3. The van der Waals surface area contributed by atoms with Crippen molar-refractivity contribution in [2.75, 3.05) is 152 Å². The summed E-state index contributed by atoms with van der Waals surface area (Å²) in [6.07, 6.45) is 17.5. The number of allylic oxidation sites excluding steroid dienone is 6. The number of cyclic esters (lactones) is 1. The second kappa shape index (κ2) is 49.1. The number of aryl methyl sites for hydroxylation is 1. The number of oxazole rings is 1. The fourth-order valence-corrected chi connectivity index (χ4v) is 16.8. The van der Waals surface area contributed by atoms with E-state index in [0.29, 0.717) is 203 Å². The van der Waals surface area contributed by atoms with Gasteiger partial charge in [0.25, 0.3) is 17.7 Å². The minimum absolute atomic E-state index is 0.00511. The zero-order valence-corrected chi connectivity index (χ0v) is 73.4. The van der Waals surface area contributed by atoms with E-state index in [1.54, 1.807) is 56.7 Å². The summed E-state index contributed by atoms with van der Waals surface area (Å²) in [4.78, 5) is 101. The molecule has 0 unspecified atom stereocenters. The van der Waals surface area contributed by atoms with Crippen molar-refractivity contribution in [1.29, 1.82) is 0 Å². The number of carbonyl (C=O) groups is 6. The maximum absolute atomic E-state index is 14.8. The topological polar surface area (TPSA) is 422 Å². The van der Waals surface area contributed by atoms with E-state index >= 15 is 0 Å². The van der Waals surface area contributed by atoms with E-state index in [1.807, 2.05) is 81.1 Å². The number of rotatable bonds is 38. The zero-order valence-electron chi connectivity index (χ0n) is 73.4. The van der Waals surface area contributed by atoms with E-state index < -0.39 is 77.8 Å². The van der Waals surface area contributed by atoms with Crippen LogP contribution < -0.4 is 11.5 Å². The SMILES string of the molecule is CO[C@H]1C[C@@H]2CC[C@@H](C)[C@@](O)(O2)C(=O)C(=O)N2CCCC[C@H]2C(=O)O[C@H]([C@H](C)C[C@@H]2CC[C@@H](OCCCCc3cn(CCOCCOCCOCCOCCOCCOCCOCC(=O)N4CC(Cn5nc(-c6ccc7oc(N)nc7c6)c6c(N)ncnc65)C4)nn3)[C@H](OC)C2)CC(=O)[C@H](C)/C=C(\C)[C@@H](O)[C@@H](OC)C(=O)[C@H](C)C[C@H](C)/C=C/C=C/C=C/1C. The summed E-state index contributed by atoms with van der Waals surface area (Å²) in [5.74, 6) is -7.79. The lowest BCUT2D eigenvalue weighted by Gasteiger charge is -2.42. The number of aliphatic hydroxyl groups is 2. The number of ether oxygens (including phenoxy) is 13. The average molecular weight is 1720 g/mol. The van der Waals surface area contributed by atoms with Crippen molar-refractivity contribution in [1.82, 2.24) is 49.5 Å². The number of methoxy groups -OCH3 is 3. The van der Waals surface area contributed by atoms with Crippen molar-refractivity contribution in [3.05, 3.63) is 84.0 Å². The van der Waals surface area contributed by atoms with Crippen LogP contribution in [0, 0.1) is 41.4 Å². The number of amides is 2. The van der Waals surface area contributed by atoms with Crippen molar-refractivity contribution in [3.63, 3.8) is 0 Å². The molecular weight excluding hydrogens is 1590 g/mol. The van der Waals surface area contributed by atoms with Crippen LogP contribution >= 0.6 is 0 Å². The van der Waals surface area contributed by atoms with Crippen LogP contribution in [0.15, 0.2) is 82.7 Å². The number of nitrogens with two attached hydrogens (primary N) is 2. The Morgan fingerprint density at radius 3 is 2.13 bits per heavy atom. The standard InChI is InChI=1S/C89H132N12O22/c1-57-18-12-11-13-19-58(2)74(110-8)49-68-25-22-63(7)89(109,123-68)83(106)86(107)100-28-16-14-21-70(100)87(108)121-75(50-71(102)59(3)45-62(6)81(105)82(112-10)80(104)61(5)44-57)60(4)46-64-23-26-73(76(47-64)111-9)120-30-17-15-20-67-54-99(97-95-67)29-31-113-32-33-114-34-35-115-36-37-116-38-39-117-40-41-118-42-43-119-55-77(103)98-51-65(52-98)53-101-85-78(84(90)92-56-93-85)79(96-101)66-24-27-72-69(48-66)94-88(91)122-72/h11-13,18-19,24,27,45,48,54,56-57,59-61,63-65,68,70,73-76,81-82,105,109H,14-17,20-23,25-26,28-44,46-47,49-53,55H2,1-10H3,(H2,91,94)(H2,90,92,93)/b13-11+,18-12+,58-19+,62-45+/t57-,59-,60-,61-,63-,64+,68+,70+,73-,74+,75+,76-,81-,82+,89-/m1/s1. The lowest BCUT2D eigenvalue weighted by atomic mass is 9.78. The number of piperidine rings is 1. The van der Waals surface area contributed by atoms with E-state index in [2.05, 4.69) is 25.3 Å². The predicted molar refractivity (Wildman–Crippen MR) is 455 cm³/mol. The Hall–Kier alpha value is -8.20. The zero-order chi connectivity index (χ0) is 88.0. The Morgan fingerprint density at radius 1 is 0.740 bits per heavy atom. The lowest BCUT2D eigenvalue weighted by molar-refractivity contribution is -0.265. The van der Waals surface area contributed by atoms with Gasteiger partial charge in [-0.15, -0.1) is 5.10 Å². The first kappa shape index (κ1) is 97.0. The number of carbonyl (C=O) groups excluding carboxylic acids is 6. The number of nitrogen functional groups attached to an aromatic ring is 2. The fourth-order valence-electron chi connectivity index (χ4n) is 16.8. The van der Waals surface area contributed by atoms with Crippen molar-refractivity contribution in [2.45, 2.75) is 212 Å². The summed E-state index contributed by atoms with van der Waals surface area (Å²) < 4.78 is 85.3. The summed E-state index contributed by atoms with van der Waals surface area (Å²) in [5, 5.41) is 38.0. The van der Waals surface area contributed by atoms with E-state index in [1.165, 1.54) is 18.3 Å². The Kier molecular flexibility index (Phi) is 38.7. The number of fused-ring (bicyclic) bond motifs is 5. The summed E-state index contributed by atoms with van der Waals surface area (Å²) in [6, 6.07) is 4.39. The molecule has 0 radical (unpaired) electrons. The molecular formula is C89H132N12O22. The van der Waals surface area contributed by atoms with Crippen molar-refractivity contribution in [2.24, 2.45) is 41.4 Å². The van der Waals surface area contributed by atoms with Gasteiger partial charge in [0.2, 0.25) is 11.7 Å². The third-order valence-corrected chi connectivity index (χ3v) is 24.1. The molecule has 10 rings (SSSR count). The molecule has 4 fully saturated rings. The highest BCUT2D eigenvalue weighted by Crippen LogP contribution is 2.40. The van der Waals surface area contributed by atoms with Gasteiger partial charge in [-0.05, 0) is 144 Å². The van der Waals surface area contributed by atoms with Crippen molar-refractivity contribution < 1.29 is 105 Å². The maximum Gasteiger partial charge on any atom is 0.329 e. The van der Waals surface area contributed by atoms with Crippen LogP contribution in [0.25, 0.3) is 33.4 Å². The van der Waals surface area contributed by atoms with E-state index in [-0.39, 0.29) is 92.0 Å². The highest BCUT2D eigenvalue weighted by Gasteiger charge is 2.53. The Morgan fingerprint density at radius 2 is 1.44 bits per heavy atom. The van der Waals surface area contributed by atoms with Gasteiger partial charge in [-0.2, -0.15) is 10.1 Å². The van der Waals surface area contributed by atoms with Crippen molar-refractivity contribution in [3.8, 4) is 11.3 Å². The normalized spacial score (nSPS) is 27.8. The molecule has 680 valence electrons. The van der Waals surface area contributed by atoms with E-state index in [0.717, 1.165) is 48.9 Å². The molecule has 4 aliphatic heterocycles. The third kappa shape index (κ3) is 28.1. The number of nitrogens with zero attached hydrogens (tertiary/aromatic N) is 10. The van der Waals surface area contributed by atoms with E-state index in [4.69, 9.17) is 82.6 Å². The third-order valence-electron chi connectivity index (χ3n) is 24.1. The molecule has 2 bridgehead atoms. The predicted octanol–water partition coefficient (Wildman–Crippen LogP) is 8.21. The summed E-state index contributed by atoms with van der Waals surface area (Å²) >= 11 is 0. The molecule has 3 saturated heterocycles. The molecule has 1 aromatic carbocycles. The van der Waals surface area contributed by atoms with Gasteiger partial charge in [-0.1, -0.05) is 76.3 Å². The highest BCUT2D eigenvalue weighted by atomic mass is 16.6. The first-order valence-electron chi connectivity index (χ1n) is 43.8. The number of ketones is 3. The number of aliphatic hydroxyl groups excluding tert-OH is 1. The van der Waals surface area contributed by atoms with Gasteiger partial charge in [-0.25, -0.2) is 24.1 Å². The van der Waals surface area contributed by atoms with Crippen LogP contribution in [-0.4, -0.2) is 289 Å². The average Bonchev–Trinajstić information content (AvgIpc) is 1.72. The van der Waals surface area contributed by atoms with Crippen LogP contribution in [0.4, 0.5) is 11.8 Å². The minimum atomic E-state index is -2.46. The second-order valence-corrected chi connectivity index (χ2v) is 33.5. The van der Waals surface area contributed by atoms with Gasteiger partial charge in [0, 0.05) is 102 Å². The molecule has 123 heavy (non-hydrogen) atoms. The number of esters is 1. The van der Waals surface area contributed by atoms with Crippen LogP contribution in [0.2, 0.25) is 0 Å². The molecule has 6 N–H and O–H groups in total. The molecule has 34 nitrogen and oxygen atoms in total. The Balaban J connectivity index is 0.566. The largest absolute Gasteiger partial charge is 0.460 e. The van der Waals surface area contributed by atoms with Gasteiger partial charge in [0.1, 0.15) is 60.1 Å². The summed E-state index contributed by atoms with van der Waals surface area (Å²) in [5.41, 5.74) is 17.4. The molecule has 1 aliphatic carbocycles. The van der Waals surface area contributed by atoms with Gasteiger partial charge in [0.15, 0.2) is 17.0 Å². The number of hydrogen-bond donors (Lipinski definition) is 4. The molecule has 34 heteroatoms. The van der Waals surface area contributed by atoms with Gasteiger partial charge in [0.05, 0.1) is 128 Å². The maximum atomic E-state index is 14.8. The van der Waals surface area contributed by atoms with Gasteiger partial charge < -0.3 is 97.5 Å². The molecule has 1 saturated carbocycles. The van der Waals surface area contributed by atoms with E-state index in [9.17, 15) is 39.0 Å². The quantitative estimate of drug-likeness (QED) is 0.0125. The number of hydrogen-bond acceptors (Lipinski definition) is 30. The number of likely N-dealkylation sites (tertiary alicyclic amines) is 1. The molecule has 4 aromatic heterocycles. The monoisotopic (exact) mass is 1720 g/mol. The van der Waals surface area contributed by atoms with Crippen LogP contribution in [0.3, 0.4) is 0 Å². The van der Waals surface area contributed by atoms with Crippen LogP contribution in [-0.2, 0) is 110 Å². The first-order valence-corrected chi connectivity index (χ1v) is 43.8. The van der Waals surface area contributed by atoms with Crippen molar-refractivity contribution >= 4 is 69.1 Å². The molecule has 15 atom stereocenters.